The lowest BCUT2D eigenvalue weighted by atomic mass is 10.0. The average molecular weight is 284 g/mol. The number of nitrogens with zero attached hydrogens (tertiary/aromatic N) is 2. The molecule has 2 nitrogen and oxygen atoms in total. The van der Waals surface area contributed by atoms with Crippen molar-refractivity contribution in [3.63, 3.8) is 0 Å². The Morgan fingerprint density at radius 3 is 1.71 bits per heavy atom. The highest BCUT2D eigenvalue weighted by Gasteiger charge is 2.35. The van der Waals surface area contributed by atoms with Crippen LogP contribution in [0.25, 0.3) is 0 Å². The van der Waals surface area contributed by atoms with Crippen LogP contribution in [0, 0.1) is 0 Å². The van der Waals surface area contributed by atoms with Crippen LogP contribution in [0.15, 0.2) is 0 Å². The third-order valence-electron chi connectivity index (χ3n) is 3.33. The van der Waals surface area contributed by atoms with Crippen LogP contribution in [0.4, 0.5) is 0 Å². The van der Waals surface area contributed by atoms with Crippen LogP contribution in [-0.4, -0.2) is 40.6 Å². The van der Waals surface area contributed by atoms with Gasteiger partial charge in [0.2, 0.25) is 0 Å². The van der Waals surface area contributed by atoms with Gasteiger partial charge in [-0.1, -0.05) is 26.7 Å². The van der Waals surface area contributed by atoms with Gasteiger partial charge in [0.15, 0.2) is 0 Å². The Hall–Kier alpha value is 0.500. The average Bonchev–Trinajstić information content (AvgIpc) is 2.23. The maximum atomic E-state index is 5.93. The molecular weight excluding hydrogens is 255 g/mol. The molecule has 0 radical (unpaired) electrons. The van der Waals surface area contributed by atoms with E-state index in [1.165, 1.54) is 42.7 Å². The molecular formula is C13H29Cl2N2+. The zero-order chi connectivity index (χ0) is 13.5. The molecule has 0 heterocycles. The van der Waals surface area contributed by atoms with Crippen molar-refractivity contribution in [1.29, 1.82) is 0 Å². The summed E-state index contributed by atoms with van der Waals surface area (Å²) in [6.07, 6.45) is 5.01. The monoisotopic (exact) mass is 283 g/mol. The number of halogens is 2. The van der Waals surface area contributed by atoms with Gasteiger partial charge in [-0.3, -0.25) is 0 Å². The maximum absolute atomic E-state index is 5.93. The SMILES string of the molecule is CCCC[N+](C)(CCCC)CC(C)(C)N(Cl)Cl. The Morgan fingerprint density at radius 1 is 1.00 bits per heavy atom. The lowest BCUT2D eigenvalue weighted by Crippen LogP contribution is -2.55. The second-order valence-corrected chi connectivity index (χ2v) is 6.83. The molecule has 0 bridgehead atoms. The molecule has 0 rings (SSSR count). The second kappa shape index (κ2) is 7.83. The minimum Gasteiger partial charge on any atom is -0.324 e. The van der Waals surface area contributed by atoms with Crippen LogP contribution in [0.2, 0.25) is 0 Å². The Balaban J connectivity index is 4.56. The fraction of sp³-hybridized carbons (Fsp3) is 1.00. The van der Waals surface area contributed by atoms with Gasteiger partial charge in [0.05, 0.1) is 32.2 Å². The van der Waals surface area contributed by atoms with Crippen LogP contribution in [0.5, 0.6) is 0 Å². The van der Waals surface area contributed by atoms with Crippen LogP contribution in [0.1, 0.15) is 53.4 Å². The third-order valence-corrected chi connectivity index (χ3v) is 4.24. The molecule has 0 aromatic rings. The molecule has 17 heavy (non-hydrogen) atoms. The molecule has 0 amide bonds. The zero-order valence-corrected chi connectivity index (χ0v) is 13.6. The molecule has 0 aliphatic heterocycles. The number of rotatable bonds is 9. The van der Waals surface area contributed by atoms with E-state index >= 15 is 0 Å². The summed E-state index contributed by atoms with van der Waals surface area (Å²) in [6, 6.07) is 0. The summed E-state index contributed by atoms with van der Waals surface area (Å²) in [5.41, 5.74) is -0.181. The van der Waals surface area contributed by atoms with E-state index in [9.17, 15) is 0 Å². The van der Waals surface area contributed by atoms with Gasteiger partial charge in [-0.05, 0) is 50.2 Å². The summed E-state index contributed by atoms with van der Waals surface area (Å²) in [4.78, 5) is 0. The molecule has 0 atom stereocenters. The highest BCUT2D eigenvalue weighted by molar-refractivity contribution is 6.34. The molecule has 0 aromatic carbocycles. The number of unbranched alkanes of at least 4 members (excludes halogenated alkanes) is 2. The van der Waals surface area contributed by atoms with E-state index < -0.39 is 0 Å². The van der Waals surface area contributed by atoms with Crippen molar-refractivity contribution in [2.24, 2.45) is 0 Å². The first-order valence-corrected chi connectivity index (χ1v) is 7.40. The lowest BCUT2D eigenvalue weighted by Gasteiger charge is -2.41. The largest absolute Gasteiger partial charge is 0.324 e. The Morgan fingerprint density at radius 2 is 1.41 bits per heavy atom. The van der Waals surface area contributed by atoms with Gasteiger partial charge in [0, 0.05) is 0 Å². The van der Waals surface area contributed by atoms with Crippen molar-refractivity contribution in [3.05, 3.63) is 0 Å². The van der Waals surface area contributed by atoms with Gasteiger partial charge < -0.3 is 4.48 Å². The van der Waals surface area contributed by atoms with E-state index in [4.69, 9.17) is 23.6 Å². The van der Waals surface area contributed by atoms with Crippen molar-refractivity contribution >= 4 is 23.6 Å². The van der Waals surface area contributed by atoms with Crippen LogP contribution < -0.4 is 0 Å². The second-order valence-electron chi connectivity index (χ2n) is 5.98. The van der Waals surface area contributed by atoms with Gasteiger partial charge in [-0.2, -0.15) is 0 Å². The summed E-state index contributed by atoms with van der Waals surface area (Å²) in [7, 11) is 2.32. The number of likely N-dealkylation sites (N-methyl/N-ethyl adjacent to an activating group) is 1. The molecule has 0 aliphatic carbocycles. The van der Waals surface area contributed by atoms with Crippen molar-refractivity contribution in [2.75, 3.05) is 26.7 Å². The first-order valence-electron chi connectivity index (χ1n) is 6.73. The van der Waals surface area contributed by atoms with Crippen molar-refractivity contribution < 1.29 is 4.48 Å². The van der Waals surface area contributed by atoms with E-state index in [1.54, 1.807) is 0 Å². The number of quaternary nitrogens is 1. The molecule has 0 unspecified atom stereocenters. The molecule has 4 heteroatoms. The van der Waals surface area contributed by atoms with Gasteiger partial charge in [-0.25, -0.2) is 0 Å². The smallest absolute Gasteiger partial charge is 0.0992 e. The standard InChI is InChI=1S/C13H29Cl2N2/c1-6-8-10-17(5,11-9-7-2)12-13(3,4)16(14)15/h6-12H2,1-5H3/q+1. The highest BCUT2D eigenvalue weighted by Crippen LogP contribution is 2.24. The molecule has 0 saturated carbocycles. The normalized spacial score (nSPS) is 13.4. The fourth-order valence-electron chi connectivity index (χ4n) is 2.34. The summed E-state index contributed by atoms with van der Waals surface area (Å²) in [6.45, 7) is 12.1. The molecule has 0 aromatic heterocycles. The van der Waals surface area contributed by atoms with Crippen LogP contribution in [-0.2, 0) is 0 Å². The molecule has 0 spiro atoms. The molecule has 0 saturated heterocycles. The first-order chi connectivity index (χ1) is 7.77. The Bertz CT molecular complexity index is 198. The summed E-state index contributed by atoms with van der Waals surface area (Å²) >= 11 is 11.9. The highest BCUT2D eigenvalue weighted by atomic mass is 35.5. The van der Waals surface area contributed by atoms with Gasteiger partial charge in [0.25, 0.3) is 0 Å². The predicted molar refractivity (Wildman–Crippen MR) is 78.2 cm³/mol. The van der Waals surface area contributed by atoms with E-state index in [-0.39, 0.29) is 5.54 Å². The Kier molecular flexibility index (Phi) is 8.06. The number of hydrogen-bond donors (Lipinski definition) is 0. The fourth-order valence-corrected chi connectivity index (χ4v) is 2.44. The summed E-state index contributed by atoms with van der Waals surface area (Å²) < 4.78 is 2.37. The third kappa shape index (κ3) is 6.85. The van der Waals surface area contributed by atoms with Gasteiger partial charge in [0.1, 0.15) is 0 Å². The lowest BCUT2D eigenvalue weighted by molar-refractivity contribution is -0.913. The molecule has 0 N–H and O–H groups in total. The number of hydrogen-bond acceptors (Lipinski definition) is 1. The minimum absolute atomic E-state index is 0.181. The minimum atomic E-state index is -0.181. The van der Waals surface area contributed by atoms with Crippen molar-refractivity contribution in [3.8, 4) is 0 Å². The summed E-state index contributed by atoms with van der Waals surface area (Å²) in [5, 5.41) is 0. The molecule has 0 aliphatic rings. The molecule has 104 valence electrons. The zero-order valence-electron chi connectivity index (χ0n) is 12.1. The van der Waals surface area contributed by atoms with Crippen LogP contribution in [0.3, 0.4) is 0 Å². The summed E-state index contributed by atoms with van der Waals surface area (Å²) in [5.74, 6) is 0. The van der Waals surface area contributed by atoms with Crippen molar-refractivity contribution in [2.45, 2.75) is 58.9 Å². The van der Waals surface area contributed by atoms with E-state index in [1.807, 2.05) is 0 Å². The van der Waals surface area contributed by atoms with Gasteiger partial charge >= 0.3 is 0 Å². The molecule has 0 fully saturated rings. The first kappa shape index (κ1) is 17.5. The van der Waals surface area contributed by atoms with Crippen LogP contribution >= 0.6 is 23.6 Å². The van der Waals surface area contributed by atoms with Gasteiger partial charge in [-0.15, -0.1) is 3.94 Å². The Labute approximate surface area is 118 Å². The van der Waals surface area contributed by atoms with Crippen molar-refractivity contribution in [1.82, 2.24) is 3.94 Å². The van der Waals surface area contributed by atoms with E-state index in [2.05, 4.69) is 34.7 Å². The van der Waals surface area contributed by atoms with E-state index in [0.29, 0.717) is 0 Å². The topological polar surface area (TPSA) is 3.24 Å². The van der Waals surface area contributed by atoms with E-state index in [0.717, 1.165) is 11.0 Å². The maximum Gasteiger partial charge on any atom is 0.0992 e. The predicted octanol–water partition coefficient (Wildman–Crippen LogP) is 4.42. The quantitative estimate of drug-likeness (QED) is 0.447.